The molecule has 0 amide bonds. The summed E-state index contributed by atoms with van der Waals surface area (Å²) in [5.74, 6) is 0.120. The molecule has 1 aliphatic rings. The van der Waals surface area contributed by atoms with Crippen LogP contribution >= 0.6 is 0 Å². The van der Waals surface area contributed by atoms with E-state index in [1.165, 1.54) is 18.2 Å². The molecule has 0 aliphatic carbocycles. The van der Waals surface area contributed by atoms with Gasteiger partial charge in [0.15, 0.2) is 0 Å². The fourth-order valence-corrected chi connectivity index (χ4v) is 6.33. The number of rotatable bonds is 11. The molecular weight excluding hydrogens is 513 g/mol. The van der Waals surface area contributed by atoms with Crippen molar-refractivity contribution < 1.29 is 12.8 Å². The van der Waals surface area contributed by atoms with E-state index in [1.54, 1.807) is 48.5 Å². The smallest absolute Gasteiger partial charge is 0.241 e. The maximum Gasteiger partial charge on any atom is 0.241 e. The number of amidine groups is 1. The molecule has 0 bridgehead atoms. The van der Waals surface area contributed by atoms with Crippen molar-refractivity contribution >= 4 is 15.9 Å². The zero-order valence-electron chi connectivity index (χ0n) is 21.9. The average Bonchev–Trinajstić information content (AvgIpc) is 2.93. The number of piperidine rings is 1. The van der Waals surface area contributed by atoms with Crippen molar-refractivity contribution in [3.8, 4) is 11.1 Å². The second-order valence-electron chi connectivity index (χ2n) is 10.0. The van der Waals surface area contributed by atoms with Crippen LogP contribution in [-0.2, 0) is 16.4 Å². The minimum Gasteiger partial charge on any atom is -0.384 e. The Labute approximate surface area is 230 Å². The molecule has 3 aromatic rings. The van der Waals surface area contributed by atoms with Crippen molar-refractivity contribution in [2.75, 3.05) is 19.6 Å². The summed E-state index contributed by atoms with van der Waals surface area (Å²) in [6, 6.07) is 19.2. The zero-order valence-corrected chi connectivity index (χ0v) is 22.8. The Morgan fingerprint density at radius 2 is 1.72 bits per heavy atom. The molecule has 206 valence electrons. The first kappa shape index (κ1) is 28.5. The third-order valence-electron chi connectivity index (χ3n) is 7.28. The van der Waals surface area contributed by atoms with E-state index in [4.69, 9.17) is 16.9 Å². The van der Waals surface area contributed by atoms with E-state index in [0.29, 0.717) is 41.3 Å². The van der Waals surface area contributed by atoms with E-state index in [2.05, 4.69) is 16.2 Å². The van der Waals surface area contributed by atoms with E-state index in [1.807, 2.05) is 6.07 Å². The third kappa shape index (κ3) is 7.32. The molecule has 9 heteroatoms. The second-order valence-corrected chi connectivity index (χ2v) is 11.7. The number of nitrogens with one attached hydrogen (secondary N) is 2. The van der Waals surface area contributed by atoms with Gasteiger partial charge in [-0.05, 0) is 85.2 Å². The van der Waals surface area contributed by atoms with Crippen molar-refractivity contribution in [3.63, 3.8) is 0 Å². The maximum absolute atomic E-state index is 13.8. The summed E-state index contributed by atoms with van der Waals surface area (Å²) in [4.78, 5) is 2.24. The first-order chi connectivity index (χ1) is 18.7. The van der Waals surface area contributed by atoms with Crippen LogP contribution in [-0.4, -0.2) is 44.8 Å². The largest absolute Gasteiger partial charge is 0.384 e. The summed E-state index contributed by atoms with van der Waals surface area (Å²) >= 11 is 0. The fourth-order valence-electron chi connectivity index (χ4n) is 5.06. The Morgan fingerprint density at radius 3 is 2.38 bits per heavy atom. The van der Waals surface area contributed by atoms with Crippen LogP contribution in [0, 0.1) is 17.1 Å². The summed E-state index contributed by atoms with van der Waals surface area (Å²) < 4.78 is 44.0. The number of nitrogen functional groups attached to an aromatic ring is 1. The lowest BCUT2D eigenvalue weighted by molar-refractivity contribution is 0.209. The predicted molar refractivity (Wildman–Crippen MR) is 154 cm³/mol. The van der Waals surface area contributed by atoms with Crippen LogP contribution in [0.3, 0.4) is 0 Å². The second kappa shape index (κ2) is 12.5. The standard InChI is InChI=1S/C30H36FN5O2S/c1-21(36-15-12-22(11-14-32)13-16-36)29(18-23-5-2-8-26(17-23)30(33)34)35-39(37,38)28-10-4-7-25(20-28)24-6-3-9-27(31)19-24/h2-10,17,19-20,22,29,35H,1,11-16,18,32H2,(H3,33,34)/t29-/m0/s1. The van der Waals surface area contributed by atoms with Crippen molar-refractivity contribution in [1.29, 1.82) is 5.41 Å². The van der Waals surface area contributed by atoms with Crippen LogP contribution in [0.2, 0.25) is 0 Å². The van der Waals surface area contributed by atoms with Gasteiger partial charge in [-0.1, -0.05) is 49.0 Å². The molecule has 0 spiro atoms. The van der Waals surface area contributed by atoms with Gasteiger partial charge in [0.1, 0.15) is 11.7 Å². The lowest BCUT2D eigenvalue weighted by Gasteiger charge is -2.37. The van der Waals surface area contributed by atoms with Crippen LogP contribution in [0.15, 0.2) is 90.0 Å². The van der Waals surface area contributed by atoms with E-state index in [9.17, 15) is 12.8 Å². The summed E-state index contributed by atoms with van der Waals surface area (Å²) in [5, 5.41) is 7.78. The van der Waals surface area contributed by atoms with E-state index >= 15 is 0 Å². The van der Waals surface area contributed by atoms with Gasteiger partial charge in [0.25, 0.3) is 0 Å². The Kier molecular flexibility index (Phi) is 9.16. The molecule has 1 saturated heterocycles. The molecule has 1 aliphatic heterocycles. The van der Waals surface area contributed by atoms with Crippen molar-refractivity contribution in [3.05, 3.63) is 102 Å². The molecule has 0 radical (unpaired) electrons. The van der Waals surface area contributed by atoms with Crippen molar-refractivity contribution in [2.24, 2.45) is 17.4 Å². The van der Waals surface area contributed by atoms with Gasteiger partial charge in [-0.3, -0.25) is 5.41 Å². The highest BCUT2D eigenvalue weighted by molar-refractivity contribution is 7.89. The summed E-state index contributed by atoms with van der Waals surface area (Å²) in [5.41, 5.74) is 14.7. The number of nitrogens with two attached hydrogens (primary N) is 2. The highest BCUT2D eigenvalue weighted by atomic mass is 32.2. The minimum atomic E-state index is -3.96. The van der Waals surface area contributed by atoms with Gasteiger partial charge in [-0.15, -0.1) is 0 Å². The molecule has 3 aromatic carbocycles. The van der Waals surface area contributed by atoms with E-state index in [0.717, 1.165) is 37.9 Å². The molecule has 0 saturated carbocycles. The van der Waals surface area contributed by atoms with Gasteiger partial charge in [0.2, 0.25) is 10.0 Å². The Hall–Kier alpha value is -3.53. The van der Waals surface area contributed by atoms with E-state index in [-0.39, 0.29) is 10.7 Å². The number of nitrogens with zero attached hydrogens (tertiary/aromatic N) is 1. The van der Waals surface area contributed by atoms with Gasteiger partial charge < -0.3 is 16.4 Å². The highest BCUT2D eigenvalue weighted by Crippen LogP contribution is 2.27. The van der Waals surface area contributed by atoms with Crippen LogP contribution in [0.1, 0.15) is 30.4 Å². The van der Waals surface area contributed by atoms with E-state index < -0.39 is 21.9 Å². The third-order valence-corrected chi connectivity index (χ3v) is 8.74. The molecule has 6 N–H and O–H groups in total. The van der Waals surface area contributed by atoms with Crippen LogP contribution in [0.25, 0.3) is 11.1 Å². The normalized spacial score (nSPS) is 15.2. The molecule has 1 heterocycles. The van der Waals surface area contributed by atoms with Crippen LogP contribution in [0.5, 0.6) is 0 Å². The van der Waals surface area contributed by atoms with Crippen LogP contribution in [0.4, 0.5) is 4.39 Å². The summed E-state index contributed by atoms with van der Waals surface area (Å²) in [6.07, 6.45) is 3.28. The predicted octanol–water partition coefficient (Wildman–Crippen LogP) is 4.24. The topological polar surface area (TPSA) is 125 Å². The SMILES string of the molecule is C=C([C@H](Cc1cccc(C(=N)N)c1)NS(=O)(=O)c1cccc(-c2cccc(F)c2)c1)N1CCC(CCN)CC1. The summed E-state index contributed by atoms with van der Waals surface area (Å²) in [6.45, 7) is 6.55. The molecule has 4 rings (SSSR count). The monoisotopic (exact) mass is 549 g/mol. The minimum absolute atomic E-state index is 0.0519. The first-order valence-electron chi connectivity index (χ1n) is 13.1. The lowest BCUT2D eigenvalue weighted by atomic mass is 9.92. The van der Waals surface area contributed by atoms with Gasteiger partial charge in [0, 0.05) is 24.4 Å². The number of halogens is 1. The molecule has 0 unspecified atom stereocenters. The lowest BCUT2D eigenvalue weighted by Crippen LogP contribution is -2.45. The molecule has 1 atom stereocenters. The number of likely N-dealkylation sites (tertiary alicyclic amines) is 1. The Morgan fingerprint density at radius 1 is 1.05 bits per heavy atom. The first-order valence-corrected chi connectivity index (χ1v) is 14.6. The van der Waals surface area contributed by atoms with Crippen molar-refractivity contribution in [1.82, 2.24) is 9.62 Å². The van der Waals surface area contributed by atoms with Gasteiger partial charge >= 0.3 is 0 Å². The number of sulfonamides is 1. The molecule has 7 nitrogen and oxygen atoms in total. The van der Waals surface area contributed by atoms with Gasteiger partial charge in [-0.25, -0.2) is 17.5 Å². The Bertz CT molecular complexity index is 1430. The molecule has 0 aromatic heterocycles. The quantitative estimate of drug-likeness (QED) is 0.210. The highest BCUT2D eigenvalue weighted by Gasteiger charge is 2.28. The van der Waals surface area contributed by atoms with Crippen molar-refractivity contribution in [2.45, 2.75) is 36.6 Å². The molecular formula is C30H36FN5O2S. The fraction of sp³-hybridized carbons (Fsp3) is 0.300. The number of hydrogen-bond donors (Lipinski definition) is 4. The Balaban J connectivity index is 1.61. The number of benzene rings is 3. The van der Waals surface area contributed by atoms with Crippen LogP contribution < -0.4 is 16.2 Å². The maximum atomic E-state index is 13.8. The van der Waals surface area contributed by atoms with Gasteiger partial charge in [-0.2, -0.15) is 0 Å². The number of hydrogen-bond acceptors (Lipinski definition) is 5. The molecule has 39 heavy (non-hydrogen) atoms. The average molecular weight is 550 g/mol. The molecule has 1 fully saturated rings. The summed E-state index contributed by atoms with van der Waals surface area (Å²) in [7, 11) is -3.96. The zero-order chi connectivity index (χ0) is 28.0. The van der Waals surface area contributed by atoms with Gasteiger partial charge in [0.05, 0.1) is 10.9 Å².